The molecule has 30 heavy (non-hydrogen) atoms. The lowest BCUT2D eigenvalue weighted by atomic mass is 9.88. The van der Waals surface area contributed by atoms with E-state index in [4.69, 9.17) is 4.74 Å². The highest BCUT2D eigenvalue weighted by atomic mass is 16.5. The highest BCUT2D eigenvalue weighted by molar-refractivity contribution is 6.22. The van der Waals surface area contributed by atoms with Gasteiger partial charge in [0, 0.05) is 18.2 Å². The maximum atomic E-state index is 12.7. The van der Waals surface area contributed by atoms with Gasteiger partial charge in [-0.25, -0.2) is 0 Å². The summed E-state index contributed by atoms with van der Waals surface area (Å²) in [6.45, 7) is 0. The Bertz CT molecular complexity index is 1050. The number of rotatable bonds is 5. The third-order valence-corrected chi connectivity index (χ3v) is 4.85. The molecule has 1 heterocycles. The van der Waals surface area contributed by atoms with Crippen LogP contribution in [0.5, 0.6) is 11.5 Å². The van der Waals surface area contributed by atoms with Crippen molar-refractivity contribution in [2.75, 3.05) is 5.32 Å². The summed E-state index contributed by atoms with van der Waals surface area (Å²) in [5.74, 6) is -1.82. The molecule has 2 N–H and O–H groups in total. The fourth-order valence-electron chi connectivity index (χ4n) is 3.40. The van der Waals surface area contributed by atoms with Crippen molar-refractivity contribution in [2.45, 2.75) is 12.5 Å². The highest BCUT2D eigenvalue weighted by Crippen LogP contribution is 2.27. The van der Waals surface area contributed by atoms with Gasteiger partial charge in [0.05, 0.1) is 6.04 Å². The molecule has 2 unspecified atom stereocenters. The van der Waals surface area contributed by atoms with Gasteiger partial charge in [-0.1, -0.05) is 54.6 Å². The van der Waals surface area contributed by atoms with Crippen molar-refractivity contribution >= 4 is 23.3 Å². The van der Waals surface area contributed by atoms with E-state index in [1.807, 2.05) is 60.7 Å². The first-order chi connectivity index (χ1) is 14.6. The predicted molar refractivity (Wildman–Crippen MR) is 112 cm³/mol. The van der Waals surface area contributed by atoms with Crippen LogP contribution in [0.2, 0.25) is 0 Å². The molecule has 1 fully saturated rings. The molecule has 6 heteroatoms. The van der Waals surface area contributed by atoms with Crippen molar-refractivity contribution in [2.24, 2.45) is 5.92 Å². The number of amides is 2. The van der Waals surface area contributed by atoms with Crippen LogP contribution >= 0.6 is 0 Å². The Kier molecular flexibility index (Phi) is 5.57. The molecular weight excluding hydrogens is 380 g/mol. The van der Waals surface area contributed by atoms with E-state index >= 15 is 0 Å². The lowest BCUT2D eigenvalue weighted by Gasteiger charge is -2.27. The van der Waals surface area contributed by atoms with Crippen molar-refractivity contribution in [1.29, 1.82) is 0 Å². The lowest BCUT2D eigenvalue weighted by Crippen LogP contribution is -2.49. The molecular formula is C24H20N2O4. The first-order valence-corrected chi connectivity index (χ1v) is 9.62. The van der Waals surface area contributed by atoms with Crippen LogP contribution in [0.4, 0.5) is 5.69 Å². The van der Waals surface area contributed by atoms with Gasteiger partial charge in [0.1, 0.15) is 11.5 Å². The van der Waals surface area contributed by atoms with Gasteiger partial charge in [0.2, 0.25) is 11.8 Å². The molecule has 3 aromatic rings. The summed E-state index contributed by atoms with van der Waals surface area (Å²) < 4.78 is 5.75. The van der Waals surface area contributed by atoms with E-state index in [0.717, 1.165) is 5.56 Å². The van der Waals surface area contributed by atoms with Gasteiger partial charge in [-0.15, -0.1) is 0 Å². The third-order valence-electron chi connectivity index (χ3n) is 4.85. The van der Waals surface area contributed by atoms with Crippen LogP contribution in [0.25, 0.3) is 0 Å². The standard InChI is InChI=1S/C24H20N2O4/c27-21-15-20(16-8-3-1-4-9-16)26-24(29)22(21)23(28)25-17-10-7-13-19(14-17)30-18-11-5-2-6-12-18/h1-14,20,22H,15H2,(H,25,28)(H,26,29). The average molecular weight is 400 g/mol. The normalized spacial score (nSPS) is 18.4. The van der Waals surface area contributed by atoms with Crippen LogP contribution in [-0.2, 0) is 14.4 Å². The van der Waals surface area contributed by atoms with E-state index in [2.05, 4.69) is 10.6 Å². The van der Waals surface area contributed by atoms with Crippen LogP contribution in [-0.4, -0.2) is 17.6 Å². The number of ether oxygens (including phenoxy) is 1. The summed E-state index contributed by atoms with van der Waals surface area (Å²) in [7, 11) is 0. The van der Waals surface area contributed by atoms with Crippen molar-refractivity contribution in [3.05, 3.63) is 90.5 Å². The minimum absolute atomic E-state index is 0.0744. The number of nitrogens with one attached hydrogen (secondary N) is 2. The monoisotopic (exact) mass is 400 g/mol. The second-order valence-corrected chi connectivity index (χ2v) is 7.01. The molecule has 0 aliphatic carbocycles. The Labute approximate surface area is 173 Å². The Morgan fingerprint density at radius 2 is 1.53 bits per heavy atom. The molecule has 1 aliphatic heterocycles. The molecule has 6 nitrogen and oxygen atoms in total. The fraction of sp³-hybridized carbons (Fsp3) is 0.125. The number of carbonyl (C=O) groups excluding carboxylic acids is 3. The minimum atomic E-state index is -1.37. The average Bonchev–Trinajstić information content (AvgIpc) is 2.75. The number of ketones is 1. The van der Waals surface area contributed by atoms with Gasteiger partial charge in [0.25, 0.3) is 0 Å². The van der Waals surface area contributed by atoms with E-state index in [0.29, 0.717) is 17.2 Å². The number of anilines is 1. The molecule has 150 valence electrons. The first kappa shape index (κ1) is 19.4. The molecule has 2 amide bonds. The molecule has 0 saturated carbocycles. The van der Waals surface area contributed by atoms with E-state index in [9.17, 15) is 14.4 Å². The lowest BCUT2D eigenvalue weighted by molar-refractivity contribution is -0.143. The van der Waals surface area contributed by atoms with Crippen molar-refractivity contribution in [3.8, 4) is 11.5 Å². The number of carbonyl (C=O) groups is 3. The SMILES string of the molecule is O=C1CC(c2ccccc2)NC(=O)C1C(=O)Nc1cccc(Oc2ccccc2)c1. The largest absolute Gasteiger partial charge is 0.457 e. The van der Waals surface area contributed by atoms with E-state index in [1.54, 1.807) is 24.3 Å². The van der Waals surface area contributed by atoms with Gasteiger partial charge in [-0.05, 0) is 29.8 Å². The molecule has 0 aromatic heterocycles. The second-order valence-electron chi connectivity index (χ2n) is 7.01. The van der Waals surface area contributed by atoms with Crippen molar-refractivity contribution < 1.29 is 19.1 Å². The summed E-state index contributed by atoms with van der Waals surface area (Å²) in [6, 6.07) is 24.9. The molecule has 3 aromatic carbocycles. The van der Waals surface area contributed by atoms with E-state index in [-0.39, 0.29) is 6.42 Å². The van der Waals surface area contributed by atoms with Crippen molar-refractivity contribution in [3.63, 3.8) is 0 Å². The summed E-state index contributed by atoms with van der Waals surface area (Å²) in [4.78, 5) is 37.8. The molecule has 1 aliphatic rings. The Morgan fingerprint density at radius 1 is 0.867 bits per heavy atom. The Hall–Kier alpha value is -3.93. The highest BCUT2D eigenvalue weighted by Gasteiger charge is 2.40. The van der Waals surface area contributed by atoms with Gasteiger partial charge in [0.15, 0.2) is 11.7 Å². The van der Waals surface area contributed by atoms with E-state index < -0.39 is 29.6 Å². The van der Waals surface area contributed by atoms with Crippen LogP contribution in [0.15, 0.2) is 84.9 Å². The number of para-hydroxylation sites is 1. The number of piperidine rings is 1. The molecule has 0 spiro atoms. The molecule has 4 rings (SSSR count). The topological polar surface area (TPSA) is 84.5 Å². The zero-order valence-electron chi connectivity index (χ0n) is 16.1. The number of hydrogen-bond acceptors (Lipinski definition) is 4. The Balaban J connectivity index is 1.43. The van der Waals surface area contributed by atoms with Gasteiger partial charge >= 0.3 is 0 Å². The summed E-state index contributed by atoms with van der Waals surface area (Å²) >= 11 is 0. The fourth-order valence-corrected chi connectivity index (χ4v) is 3.40. The quantitative estimate of drug-likeness (QED) is 0.637. The van der Waals surface area contributed by atoms with Crippen LogP contribution in [0.1, 0.15) is 18.0 Å². The zero-order chi connectivity index (χ0) is 20.9. The zero-order valence-corrected chi connectivity index (χ0v) is 16.1. The van der Waals surface area contributed by atoms with E-state index in [1.165, 1.54) is 0 Å². The summed E-state index contributed by atoms with van der Waals surface area (Å²) in [5.41, 5.74) is 1.28. The molecule has 0 radical (unpaired) electrons. The molecule has 2 atom stereocenters. The van der Waals surface area contributed by atoms with Crippen LogP contribution in [0.3, 0.4) is 0 Å². The second kappa shape index (κ2) is 8.61. The van der Waals surface area contributed by atoms with Gasteiger partial charge < -0.3 is 15.4 Å². The van der Waals surface area contributed by atoms with Crippen LogP contribution in [0, 0.1) is 5.92 Å². The maximum absolute atomic E-state index is 12.7. The number of hydrogen-bond donors (Lipinski definition) is 2. The predicted octanol–water partition coefficient (Wildman–Crippen LogP) is 3.86. The first-order valence-electron chi connectivity index (χ1n) is 9.62. The number of Topliss-reactive ketones (excluding diaryl/α,β-unsaturated/α-hetero) is 1. The Morgan fingerprint density at radius 3 is 2.23 bits per heavy atom. The number of benzene rings is 3. The summed E-state index contributed by atoms with van der Waals surface area (Å²) in [6.07, 6.45) is 0.0744. The summed E-state index contributed by atoms with van der Waals surface area (Å²) in [5, 5.41) is 5.43. The third kappa shape index (κ3) is 4.38. The van der Waals surface area contributed by atoms with Gasteiger partial charge in [-0.2, -0.15) is 0 Å². The maximum Gasteiger partial charge on any atom is 0.244 e. The van der Waals surface area contributed by atoms with Gasteiger partial charge in [-0.3, -0.25) is 14.4 Å². The smallest absolute Gasteiger partial charge is 0.244 e. The molecule has 0 bridgehead atoms. The van der Waals surface area contributed by atoms with Crippen LogP contribution < -0.4 is 15.4 Å². The van der Waals surface area contributed by atoms with Crippen molar-refractivity contribution in [1.82, 2.24) is 5.32 Å². The molecule has 1 saturated heterocycles. The minimum Gasteiger partial charge on any atom is -0.457 e.